The molecule has 33 heavy (non-hydrogen) atoms. The second-order valence-corrected chi connectivity index (χ2v) is 8.07. The second kappa shape index (κ2) is 8.20. The predicted molar refractivity (Wildman–Crippen MR) is 114 cm³/mol. The van der Waals surface area contributed by atoms with Crippen LogP contribution in [0.4, 0.5) is 8.78 Å². The first-order valence-corrected chi connectivity index (χ1v) is 10.7. The van der Waals surface area contributed by atoms with Gasteiger partial charge >= 0.3 is 5.97 Å². The maximum absolute atomic E-state index is 13.9. The van der Waals surface area contributed by atoms with Crippen LogP contribution >= 0.6 is 11.3 Å². The molecule has 5 aromatic rings. The van der Waals surface area contributed by atoms with Crippen LogP contribution in [0.5, 0.6) is 0 Å². The molecule has 0 unspecified atom stereocenters. The zero-order chi connectivity index (χ0) is 23.1. The van der Waals surface area contributed by atoms with Crippen LogP contribution in [0, 0.1) is 11.6 Å². The SMILES string of the molecule is Cn1c(=O)c2sccc2n2c(COC(=O)CCc3ncc(-c4ccc(F)cc4F)o3)nnc12. The molecule has 0 aliphatic carbocycles. The monoisotopic (exact) mass is 471 g/mol. The minimum Gasteiger partial charge on any atom is -0.457 e. The van der Waals surface area contributed by atoms with Crippen molar-refractivity contribution in [2.24, 2.45) is 7.05 Å². The molecule has 0 saturated heterocycles. The highest BCUT2D eigenvalue weighted by molar-refractivity contribution is 7.17. The number of thiophene rings is 1. The highest BCUT2D eigenvalue weighted by Crippen LogP contribution is 2.25. The van der Waals surface area contributed by atoms with Crippen molar-refractivity contribution in [3.05, 3.63) is 69.5 Å². The Morgan fingerprint density at radius 3 is 2.91 bits per heavy atom. The number of fused-ring (bicyclic) bond motifs is 3. The van der Waals surface area contributed by atoms with Gasteiger partial charge in [-0.1, -0.05) is 0 Å². The Morgan fingerprint density at radius 1 is 1.24 bits per heavy atom. The number of nitrogens with zero attached hydrogens (tertiary/aromatic N) is 5. The number of halogens is 2. The number of hydrogen-bond donors (Lipinski definition) is 0. The molecule has 0 atom stereocenters. The van der Waals surface area contributed by atoms with Crippen molar-refractivity contribution >= 4 is 33.3 Å². The molecular weight excluding hydrogens is 456 g/mol. The van der Waals surface area contributed by atoms with Crippen molar-refractivity contribution in [2.75, 3.05) is 0 Å². The zero-order valence-corrected chi connectivity index (χ0v) is 17.9. The summed E-state index contributed by atoms with van der Waals surface area (Å²) in [6.07, 6.45) is 1.41. The van der Waals surface area contributed by atoms with Gasteiger partial charge in [0.25, 0.3) is 5.56 Å². The topological polar surface area (TPSA) is 105 Å². The summed E-state index contributed by atoms with van der Waals surface area (Å²) in [6, 6.07) is 4.91. The molecule has 4 aromatic heterocycles. The number of aromatic nitrogens is 5. The Labute approximate surface area is 187 Å². The Balaban J connectivity index is 1.25. The zero-order valence-electron chi connectivity index (χ0n) is 17.1. The van der Waals surface area contributed by atoms with Crippen molar-refractivity contribution in [2.45, 2.75) is 19.4 Å². The van der Waals surface area contributed by atoms with E-state index in [1.54, 1.807) is 22.9 Å². The molecule has 0 saturated carbocycles. The van der Waals surface area contributed by atoms with E-state index >= 15 is 0 Å². The van der Waals surface area contributed by atoms with Gasteiger partial charge in [-0.25, -0.2) is 13.8 Å². The highest BCUT2D eigenvalue weighted by Gasteiger charge is 2.17. The lowest BCUT2D eigenvalue weighted by Crippen LogP contribution is -2.19. The van der Waals surface area contributed by atoms with Gasteiger partial charge in [0.2, 0.25) is 5.78 Å². The van der Waals surface area contributed by atoms with Gasteiger partial charge in [0.15, 0.2) is 24.1 Å². The largest absolute Gasteiger partial charge is 0.457 e. The van der Waals surface area contributed by atoms with Gasteiger partial charge in [-0.2, -0.15) is 0 Å². The second-order valence-electron chi connectivity index (χ2n) is 7.15. The normalized spacial score (nSPS) is 11.5. The molecule has 0 amide bonds. The number of carbonyl (C=O) groups is 1. The standard InChI is InChI=1S/C21H15F2N5O4S/c1-27-20(30)19-14(6-7-33-19)28-16(25-26-21(27)28)10-31-18(29)5-4-17-24-9-15(32-17)12-3-2-11(22)8-13(12)23/h2-3,6-9H,4-5,10H2,1H3. The van der Waals surface area contributed by atoms with Gasteiger partial charge in [0.1, 0.15) is 16.3 Å². The summed E-state index contributed by atoms with van der Waals surface area (Å²) in [5, 5.41) is 9.89. The lowest BCUT2D eigenvalue weighted by Gasteiger charge is -2.06. The molecule has 1 aromatic carbocycles. The fourth-order valence-electron chi connectivity index (χ4n) is 3.41. The van der Waals surface area contributed by atoms with E-state index in [1.165, 1.54) is 28.2 Å². The number of carbonyl (C=O) groups excluding carboxylic acids is 1. The molecule has 4 heterocycles. The van der Waals surface area contributed by atoms with E-state index in [1.807, 2.05) is 0 Å². The molecule has 12 heteroatoms. The summed E-state index contributed by atoms with van der Waals surface area (Å²) in [4.78, 5) is 28.7. The molecule has 0 aliphatic rings. The molecule has 5 rings (SSSR count). The first-order chi connectivity index (χ1) is 15.9. The Bertz CT molecular complexity index is 1570. The van der Waals surface area contributed by atoms with Crippen molar-refractivity contribution in [1.82, 2.24) is 24.1 Å². The number of ether oxygens (including phenoxy) is 1. The Hall–Kier alpha value is -3.93. The van der Waals surface area contributed by atoms with Crippen LogP contribution in [-0.4, -0.2) is 30.1 Å². The number of aryl methyl sites for hydroxylation is 2. The van der Waals surface area contributed by atoms with Gasteiger partial charge in [0, 0.05) is 19.5 Å². The maximum Gasteiger partial charge on any atom is 0.306 e. The van der Waals surface area contributed by atoms with Gasteiger partial charge in [0.05, 0.1) is 23.7 Å². The molecule has 0 aliphatic heterocycles. The van der Waals surface area contributed by atoms with Crippen molar-refractivity contribution in [3.63, 3.8) is 0 Å². The van der Waals surface area contributed by atoms with E-state index in [-0.39, 0.29) is 42.2 Å². The van der Waals surface area contributed by atoms with E-state index in [0.29, 0.717) is 21.8 Å². The van der Waals surface area contributed by atoms with Gasteiger partial charge in [-0.05, 0) is 23.6 Å². The molecule has 0 radical (unpaired) electrons. The number of benzene rings is 1. The van der Waals surface area contributed by atoms with Crippen molar-refractivity contribution in [1.29, 1.82) is 0 Å². The van der Waals surface area contributed by atoms with E-state index in [2.05, 4.69) is 15.2 Å². The lowest BCUT2D eigenvalue weighted by atomic mass is 10.2. The maximum atomic E-state index is 13.9. The van der Waals surface area contributed by atoms with E-state index in [9.17, 15) is 18.4 Å². The van der Waals surface area contributed by atoms with E-state index in [0.717, 1.165) is 12.1 Å². The fourth-order valence-corrected chi connectivity index (χ4v) is 4.26. The third-order valence-corrected chi connectivity index (χ3v) is 5.94. The van der Waals surface area contributed by atoms with E-state index < -0.39 is 17.6 Å². The summed E-state index contributed by atoms with van der Waals surface area (Å²) in [5.41, 5.74) is 0.550. The molecule has 0 N–H and O–H groups in total. The Kier molecular flexibility index (Phi) is 5.21. The van der Waals surface area contributed by atoms with Crippen LogP contribution in [-0.2, 0) is 29.6 Å². The average Bonchev–Trinajstić information content (AvgIpc) is 3.53. The number of hydrogen-bond acceptors (Lipinski definition) is 8. The average molecular weight is 471 g/mol. The van der Waals surface area contributed by atoms with Crippen LogP contribution in [0.1, 0.15) is 18.1 Å². The quantitative estimate of drug-likeness (QED) is 0.350. The summed E-state index contributed by atoms with van der Waals surface area (Å²) in [5.74, 6) is -0.911. The summed E-state index contributed by atoms with van der Waals surface area (Å²) in [7, 11) is 1.60. The van der Waals surface area contributed by atoms with Crippen molar-refractivity contribution < 1.29 is 22.7 Å². The molecule has 0 bridgehead atoms. The van der Waals surface area contributed by atoms with Crippen LogP contribution in [0.2, 0.25) is 0 Å². The number of rotatable bonds is 6. The van der Waals surface area contributed by atoms with Crippen LogP contribution in [0.15, 0.2) is 45.1 Å². The van der Waals surface area contributed by atoms with Gasteiger partial charge in [-0.15, -0.1) is 21.5 Å². The number of esters is 1. The smallest absolute Gasteiger partial charge is 0.306 e. The summed E-state index contributed by atoms with van der Waals surface area (Å²) >= 11 is 1.31. The molecule has 168 valence electrons. The fraction of sp³-hybridized carbons (Fsp3) is 0.190. The molecule has 0 spiro atoms. The summed E-state index contributed by atoms with van der Waals surface area (Å²) < 4.78 is 41.4. The first-order valence-electron chi connectivity index (χ1n) is 9.78. The summed E-state index contributed by atoms with van der Waals surface area (Å²) in [6.45, 7) is -0.138. The van der Waals surface area contributed by atoms with Crippen LogP contribution < -0.4 is 5.56 Å². The third-order valence-electron chi connectivity index (χ3n) is 5.05. The van der Waals surface area contributed by atoms with Crippen molar-refractivity contribution in [3.8, 4) is 11.3 Å². The molecule has 9 nitrogen and oxygen atoms in total. The first kappa shape index (κ1) is 20.9. The Morgan fingerprint density at radius 2 is 2.09 bits per heavy atom. The van der Waals surface area contributed by atoms with Crippen LogP contribution in [0.3, 0.4) is 0 Å². The van der Waals surface area contributed by atoms with Crippen LogP contribution in [0.25, 0.3) is 27.3 Å². The minimum absolute atomic E-state index is 0.0328. The lowest BCUT2D eigenvalue weighted by molar-refractivity contribution is -0.145. The van der Waals surface area contributed by atoms with E-state index in [4.69, 9.17) is 9.15 Å². The molecular formula is C21H15F2N5O4S. The molecule has 0 fully saturated rings. The minimum atomic E-state index is -0.769. The predicted octanol–water partition coefficient (Wildman–Crippen LogP) is 3.25. The van der Waals surface area contributed by atoms with Gasteiger partial charge in [-0.3, -0.25) is 18.6 Å². The number of oxazole rings is 1. The third kappa shape index (κ3) is 3.78. The van der Waals surface area contributed by atoms with Gasteiger partial charge < -0.3 is 9.15 Å². The highest BCUT2D eigenvalue weighted by atomic mass is 32.1.